The summed E-state index contributed by atoms with van der Waals surface area (Å²) in [6.07, 6.45) is 2.20. The molecule has 0 unspecified atom stereocenters. The van der Waals surface area contributed by atoms with Crippen LogP contribution in [-0.4, -0.2) is 58.3 Å². The Kier molecular flexibility index (Phi) is 9.13. The summed E-state index contributed by atoms with van der Waals surface area (Å²) >= 11 is 0. The van der Waals surface area contributed by atoms with Crippen molar-refractivity contribution in [2.24, 2.45) is 0 Å². The lowest BCUT2D eigenvalue weighted by molar-refractivity contribution is -0.167. The van der Waals surface area contributed by atoms with Crippen LogP contribution < -0.4 is 0 Å². The molecule has 0 bridgehead atoms. The molecule has 7 nitrogen and oxygen atoms in total. The van der Waals surface area contributed by atoms with Gasteiger partial charge < -0.3 is 24.8 Å². The molecule has 0 aromatic carbocycles. The lowest BCUT2D eigenvalue weighted by Crippen LogP contribution is -2.43. The van der Waals surface area contributed by atoms with Gasteiger partial charge >= 0.3 is 11.9 Å². The SMILES string of the molecule is CCCCCCCCCCOC(=O)[C@H](O)[C@H]1OC(=O)[C@@H](O)[C@H]1O. The highest BCUT2D eigenvalue weighted by molar-refractivity contribution is 5.81. The molecule has 0 aromatic rings. The number of aliphatic hydroxyl groups excluding tert-OH is 3. The maximum Gasteiger partial charge on any atom is 0.339 e. The van der Waals surface area contributed by atoms with Crippen molar-refractivity contribution in [3.8, 4) is 0 Å². The van der Waals surface area contributed by atoms with Gasteiger partial charge in [0, 0.05) is 0 Å². The zero-order valence-corrected chi connectivity index (χ0v) is 13.6. The fourth-order valence-corrected chi connectivity index (χ4v) is 2.47. The van der Waals surface area contributed by atoms with Crippen LogP contribution in [0.2, 0.25) is 0 Å². The fraction of sp³-hybridized carbons (Fsp3) is 0.875. The third kappa shape index (κ3) is 6.45. The molecule has 1 aliphatic rings. The van der Waals surface area contributed by atoms with Gasteiger partial charge in [-0.15, -0.1) is 0 Å². The van der Waals surface area contributed by atoms with Crippen molar-refractivity contribution >= 4 is 11.9 Å². The van der Waals surface area contributed by atoms with Gasteiger partial charge in [-0.25, -0.2) is 9.59 Å². The number of ether oxygens (including phenoxy) is 2. The standard InChI is InChI=1S/C16H28O7/c1-2-3-4-5-6-7-8-9-10-22-15(20)13(19)14-11(17)12(18)16(21)23-14/h11-14,17-19H,2-10H2,1H3/t11-,12+,13-,14+/m1/s1. The van der Waals surface area contributed by atoms with E-state index in [1.54, 1.807) is 0 Å². The number of aliphatic hydroxyl groups is 3. The average molecular weight is 332 g/mol. The molecule has 0 amide bonds. The van der Waals surface area contributed by atoms with Crippen LogP contribution >= 0.6 is 0 Å². The molecule has 0 spiro atoms. The summed E-state index contributed by atoms with van der Waals surface area (Å²) in [5.74, 6) is -2.02. The summed E-state index contributed by atoms with van der Waals surface area (Å²) in [6.45, 7) is 2.35. The molecule has 3 N–H and O–H groups in total. The molecular formula is C16H28O7. The zero-order chi connectivity index (χ0) is 17.2. The van der Waals surface area contributed by atoms with E-state index in [0.29, 0.717) is 6.42 Å². The number of carbonyl (C=O) groups is 2. The molecule has 23 heavy (non-hydrogen) atoms. The van der Waals surface area contributed by atoms with E-state index >= 15 is 0 Å². The van der Waals surface area contributed by atoms with Gasteiger partial charge in [0.1, 0.15) is 6.10 Å². The van der Waals surface area contributed by atoms with Gasteiger partial charge in [0.25, 0.3) is 0 Å². The van der Waals surface area contributed by atoms with Gasteiger partial charge in [-0.05, 0) is 6.42 Å². The van der Waals surface area contributed by atoms with Crippen LogP contribution in [0.1, 0.15) is 58.3 Å². The highest BCUT2D eigenvalue weighted by Crippen LogP contribution is 2.19. The van der Waals surface area contributed by atoms with Gasteiger partial charge in [0.15, 0.2) is 18.3 Å². The Balaban J connectivity index is 2.11. The maximum absolute atomic E-state index is 11.6. The first-order chi connectivity index (χ1) is 11.0. The predicted molar refractivity (Wildman–Crippen MR) is 81.5 cm³/mol. The minimum absolute atomic E-state index is 0.171. The fourth-order valence-electron chi connectivity index (χ4n) is 2.47. The molecule has 7 heteroatoms. The topological polar surface area (TPSA) is 113 Å². The lowest BCUT2D eigenvalue weighted by Gasteiger charge is -2.18. The number of carbonyl (C=O) groups excluding carboxylic acids is 2. The predicted octanol–water partition coefficient (Wildman–Crippen LogP) is 0.678. The highest BCUT2D eigenvalue weighted by atomic mass is 16.6. The van der Waals surface area contributed by atoms with Gasteiger partial charge in [-0.3, -0.25) is 0 Å². The number of cyclic esters (lactones) is 1. The second-order valence-electron chi connectivity index (χ2n) is 5.92. The molecule has 1 fully saturated rings. The van der Waals surface area contributed by atoms with E-state index in [0.717, 1.165) is 12.8 Å². The summed E-state index contributed by atoms with van der Waals surface area (Å²) in [5, 5.41) is 28.5. The third-order valence-electron chi connectivity index (χ3n) is 3.95. The number of rotatable bonds is 11. The largest absolute Gasteiger partial charge is 0.464 e. The lowest BCUT2D eigenvalue weighted by atomic mass is 10.1. The second kappa shape index (κ2) is 10.6. The highest BCUT2D eigenvalue weighted by Gasteiger charge is 2.48. The van der Waals surface area contributed by atoms with Gasteiger partial charge in [0.05, 0.1) is 6.61 Å². The Morgan fingerprint density at radius 2 is 1.70 bits per heavy atom. The van der Waals surface area contributed by atoms with Gasteiger partial charge in [0.2, 0.25) is 0 Å². The summed E-state index contributed by atoms with van der Waals surface area (Å²) in [5.41, 5.74) is 0. The monoisotopic (exact) mass is 332 g/mol. The van der Waals surface area contributed by atoms with E-state index < -0.39 is 36.4 Å². The van der Waals surface area contributed by atoms with Crippen molar-refractivity contribution in [2.75, 3.05) is 6.61 Å². The van der Waals surface area contributed by atoms with E-state index in [4.69, 9.17) is 4.74 Å². The van der Waals surface area contributed by atoms with E-state index in [9.17, 15) is 24.9 Å². The van der Waals surface area contributed by atoms with Crippen molar-refractivity contribution in [1.29, 1.82) is 0 Å². The van der Waals surface area contributed by atoms with Crippen LogP contribution in [0.3, 0.4) is 0 Å². The van der Waals surface area contributed by atoms with Crippen LogP contribution in [0.25, 0.3) is 0 Å². The first kappa shape index (κ1) is 19.9. The Morgan fingerprint density at radius 3 is 2.22 bits per heavy atom. The summed E-state index contributed by atoms with van der Waals surface area (Å²) in [6, 6.07) is 0. The van der Waals surface area contributed by atoms with E-state index in [1.165, 1.54) is 32.1 Å². The van der Waals surface area contributed by atoms with Crippen molar-refractivity contribution < 1.29 is 34.4 Å². The van der Waals surface area contributed by atoms with Crippen molar-refractivity contribution in [3.63, 3.8) is 0 Å². The van der Waals surface area contributed by atoms with Crippen LogP contribution in [0, 0.1) is 0 Å². The average Bonchev–Trinajstić information content (AvgIpc) is 2.80. The van der Waals surface area contributed by atoms with Crippen molar-refractivity contribution in [3.05, 3.63) is 0 Å². The molecule has 1 heterocycles. The molecule has 1 saturated heterocycles. The number of unbranched alkanes of at least 4 members (excludes halogenated alkanes) is 7. The van der Waals surface area contributed by atoms with E-state index in [1.807, 2.05) is 0 Å². The van der Waals surface area contributed by atoms with E-state index in [2.05, 4.69) is 11.7 Å². The maximum atomic E-state index is 11.6. The van der Waals surface area contributed by atoms with E-state index in [-0.39, 0.29) is 6.61 Å². The Bertz CT molecular complexity index is 371. The normalized spacial score (nSPS) is 25.2. The van der Waals surface area contributed by atoms with Gasteiger partial charge in [-0.1, -0.05) is 51.9 Å². The van der Waals surface area contributed by atoms with Crippen molar-refractivity contribution in [2.45, 2.75) is 82.7 Å². The molecule has 0 saturated carbocycles. The van der Waals surface area contributed by atoms with Crippen molar-refractivity contribution in [1.82, 2.24) is 0 Å². The Labute approximate surface area is 136 Å². The minimum Gasteiger partial charge on any atom is -0.464 e. The first-order valence-electron chi connectivity index (χ1n) is 8.40. The Hall–Kier alpha value is -1.18. The smallest absolute Gasteiger partial charge is 0.339 e. The molecule has 0 aromatic heterocycles. The zero-order valence-electron chi connectivity index (χ0n) is 13.6. The molecule has 134 valence electrons. The molecule has 4 atom stereocenters. The van der Waals surface area contributed by atoms with Crippen LogP contribution in [0.4, 0.5) is 0 Å². The minimum atomic E-state index is -1.79. The van der Waals surface area contributed by atoms with Crippen LogP contribution in [-0.2, 0) is 19.1 Å². The van der Waals surface area contributed by atoms with Crippen LogP contribution in [0.15, 0.2) is 0 Å². The molecule has 0 aliphatic carbocycles. The third-order valence-corrected chi connectivity index (χ3v) is 3.95. The number of hydrogen-bond acceptors (Lipinski definition) is 7. The Morgan fingerprint density at radius 1 is 1.13 bits per heavy atom. The van der Waals surface area contributed by atoms with Crippen LogP contribution in [0.5, 0.6) is 0 Å². The summed E-state index contributed by atoms with van der Waals surface area (Å²) in [4.78, 5) is 22.7. The summed E-state index contributed by atoms with van der Waals surface area (Å²) < 4.78 is 9.48. The number of hydrogen-bond donors (Lipinski definition) is 3. The number of esters is 2. The summed E-state index contributed by atoms with van der Waals surface area (Å²) in [7, 11) is 0. The molecular weight excluding hydrogens is 304 g/mol. The first-order valence-corrected chi connectivity index (χ1v) is 8.40. The second-order valence-corrected chi connectivity index (χ2v) is 5.92. The molecule has 1 aliphatic heterocycles. The molecule has 0 radical (unpaired) electrons. The molecule has 1 rings (SSSR count). The van der Waals surface area contributed by atoms with Gasteiger partial charge in [-0.2, -0.15) is 0 Å². The quantitative estimate of drug-likeness (QED) is 0.376.